The zero-order valence-electron chi connectivity index (χ0n) is 30.4. The Morgan fingerprint density at radius 1 is 1.10 bits per heavy atom. The highest BCUT2D eigenvalue weighted by Crippen LogP contribution is 2.53. The second-order valence-electron chi connectivity index (χ2n) is 14.2. The quantitative estimate of drug-likeness (QED) is 0.230. The second-order valence-corrected chi connectivity index (χ2v) is 14.2. The SMILES string of the molecule is C=C/C=C(\C)C(C)NC.CN[C@@H](C)c1cccc(N2c3nc(Nc4ccn(C5CCOCC5)c(=O)c4)ncc3[C@@]3(C)COC(C)(C)CC23)n1. The normalized spacial score (nSPS) is 23.1. The van der Waals surface area contributed by atoms with Gasteiger partial charge in [-0.2, -0.15) is 4.98 Å². The minimum absolute atomic E-state index is 0.0442. The number of hydrogen-bond acceptors (Lipinski definition) is 10. The zero-order chi connectivity index (χ0) is 35.3. The Balaban J connectivity index is 0.000000459. The molecule has 11 nitrogen and oxygen atoms in total. The zero-order valence-corrected chi connectivity index (χ0v) is 30.4. The van der Waals surface area contributed by atoms with Crippen molar-refractivity contribution < 1.29 is 9.47 Å². The lowest BCUT2D eigenvalue weighted by atomic mass is 9.73. The van der Waals surface area contributed by atoms with E-state index in [9.17, 15) is 4.79 Å². The van der Waals surface area contributed by atoms with E-state index in [0.29, 0.717) is 37.5 Å². The van der Waals surface area contributed by atoms with Crippen LogP contribution in [0.4, 0.5) is 23.3 Å². The summed E-state index contributed by atoms with van der Waals surface area (Å²) in [6.45, 7) is 18.4. The van der Waals surface area contributed by atoms with Gasteiger partial charge >= 0.3 is 0 Å². The van der Waals surface area contributed by atoms with E-state index in [1.165, 1.54) is 5.57 Å². The number of hydrogen-bond donors (Lipinski definition) is 3. The fraction of sp³-hybridized carbons (Fsp3) is 0.526. The van der Waals surface area contributed by atoms with Crippen molar-refractivity contribution >= 4 is 23.3 Å². The summed E-state index contributed by atoms with van der Waals surface area (Å²) in [7, 11) is 3.89. The van der Waals surface area contributed by atoms with Crippen molar-refractivity contribution in [1.82, 2.24) is 30.2 Å². The number of ether oxygens (including phenoxy) is 2. The molecule has 0 amide bonds. The Bertz CT molecular complexity index is 1700. The van der Waals surface area contributed by atoms with E-state index < -0.39 is 0 Å². The van der Waals surface area contributed by atoms with Crippen LogP contribution in [0.3, 0.4) is 0 Å². The maximum absolute atomic E-state index is 12.9. The predicted octanol–water partition coefficient (Wildman–Crippen LogP) is 6.11. The minimum Gasteiger partial charge on any atom is -0.381 e. The van der Waals surface area contributed by atoms with Gasteiger partial charge in [0, 0.05) is 66.5 Å². The molecule has 11 heteroatoms. The largest absolute Gasteiger partial charge is 0.381 e. The van der Waals surface area contributed by atoms with Gasteiger partial charge in [-0.15, -0.1) is 0 Å². The predicted molar refractivity (Wildman–Crippen MR) is 197 cm³/mol. The van der Waals surface area contributed by atoms with Gasteiger partial charge in [0.05, 0.1) is 23.9 Å². The molecule has 0 aliphatic carbocycles. The highest BCUT2D eigenvalue weighted by atomic mass is 16.5. The van der Waals surface area contributed by atoms with E-state index in [0.717, 1.165) is 42.2 Å². The summed E-state index contributed by atoms with van der Waals surface area (Å²) in [6.07, 6.45) is 10.1. The van der Waals surface area contributed by atoms with Crippen LogP contribution >= 0.6 is 0 Å². The van der Waals surface area contributed by atoms with E-state index in [1.54, 1.807) is 10.6 Å². The summed E-state index contributed by atoms with van der Waals surface area (Å²) in [6, 6.07) is 10.5. The van der Waals surface area contributed by atoms with Crippen molar-refractivity contribution in [3.05, 3.63) is 88.6 Å². The van der Waals surface area contributed by atoms with Gasteiger partial charge in [0.15, 0.2) is 0 Å². The van der Waals surface area contributed by atoms with E-state index in [4.69, 9.17) is 19.4 Å². The van der Waals surface area contributed by atoms with Crippen molar-refractivity contribution in [2.24, 2.45) is 0 Å². The van der Waals surface area contributed by atoms with Crippen LogP contribution in [-0.2, 0) is 14.9 Å². The smallest absolute Gasteiger partial charge is 0.252 e. The van der Waals surface area contributed by atoms with Gasteiger partial charge < -0.3 is 34.9 Å². The summed E-state index contributed by atoms with van der Waals surface area (Å²) in [4.78, 5) is 30.0. The Kier molecular flexibility index (Phi) is 11.4. The van der Waals surface area contributed by atoms with Crippen LogP contribution in [0.5, 0.6) is 0 Å². The van der Waals surface area contributed by atoms with Crippen LogP contribution in [-0.4, -0.2) is 71.1 Å². The number of nitrogens with zero attached hydrogens (tertiary/aromatic N) is 5. The number of pyridine rings is 2. The Morgan fingerprint density at radius 3 is 2.53 bits per heavy atom. The van der Waals surface area contributed by atoms with E-state index in [-0.39, 0.29) is 34.7 Å². The van der Waals surface area contributed by atoms with Gasteiger partial charge in [-0.3, -0.25) is 4.79 Å². The molecular formula is C38H54N8O3. The molecule has 0 saturated carbocycles. The molecule has 3 aromatic heterocycles. The summed E-state index contributed by atoms with van der Waals surface area (Å²) < 4.78 is 13.6. The van der Waals surface area contributed by atoms with Crippen LogP contribution in [0.1, 0.15) is 84.1 Å². The molecular weight excluding hydrogens is 616 g/mol. The van der Waals surface area contributed by atoms with Crippen LogP contribution in [0, 0.1) is 0 Å². The molecule has 0 radical (unpaired) electrons. The molecule has 0 aromatic carbocycles. The highest BCUT2D eigenvalue weighted by Gasteiger charge is 2.55. The molecule has 264 valence electrons. The number of aromatic nitrogens is 4. The minimum atomic E-state index is -0.292. The lowest BCUT2D eigenvalue weighted by Crippen LogP contribution is -2.54. The van der Waals surface area contributed by atoms with Crippen molar-refractivity contribution in [3.63, 3.8) is 0 Å². The molecule has 3 aliphatic heterocycles. The first-order valence-electron chi connectivity index (χ1n) is 17.4. The first-order chi connectivity index (χ1) is 23.4. The number of nitrogens with one attached hydrogen (secondary N) is 3. The molecule has 6 heterocycles. The van der Waals surface area contributed by atoms with Crippen LogP contribution in [0.25, 0.3) is 0 Å². The van der Waals surface area contributed by atoms with E-state index >= 15 is 0 Å². The molecule has 2 fully saturated rings. The fourth-order valence-corrected chi connectivity index (χ4v) is 6.74. The first-order valence-corrected chi connectivity index (χ1v) is 17.4. The topological polar surface area (TPSA) is 118 Å². The molecule has 3 aliphatic rings. The summed E-state index contributed by atoms with van der Waals surface area (Å²) in [5, 5.41) is 9.70. The average molecular weight is 671 g/mol. The third-order valence-corrected chi connectivity index (χ3v) is 10.3. The molecule has 0 bridgehead atoms. The molecule has 0 spiro atoms. The molecule has 49 heavy (non-hydrogen) atoms. The number of fused-ring (bicyclic) bond motifs is 3. The van der Waals surface area contributed by atoms with Crippen LogP contribution in [0.15, 0.2) is 71.8 Å². The molecule has 2 unspecified atom stereocenters. The molecule has 3 N–H and O–H groups in total. The summed E-state index contributed by atoms with van der Waals surface area (Å²) in [5.74, 6) is 2.12. The van der Waals surface area contributed by atoms with Gasteiger partial charge in [0.1, 0.15) is 11.6 Å². The van der Waals surface area contributed by atoms with Crippen molar-refractivity contribution in [2.45, 2.75) is 96.0 Å². The van der Waals surface area contributed by atoms with Crippen LogP contribution < -0.4 is 26.4 Å². The number of likely N-dealkylation sites (N-methyl/N-ethyl adjacent to an activating group) is 1. The maximum atomic E-state index is 12.9. The fourth-order valence-electron chi connectivity index (χ4n) is 6.74. The van der Waals surface area contributed by atoms with E-state index in [1.807, 2.05) is 50.8 Å². The number of anilines is 4. The third-order valence-electron chi connectivity index (χ3n) is 10.3. The average Bonchev–Trinajstić information content (AvgIpc) is 3.34. The van der Waals surface area contributed by atoms with E-state index in [2.05, 4.69) is 86.1 Å². The molecule has 6 rings (SSSR count). The lowest BCUT2D eigenvalue weighted by Gasteiger charge is -2.46. The van der Waals surface area contributed by atoms with Gasteiger partial charge in [-0.25, -0.2) is 9.97 Å². The van der Waals surface area contributed by atoms with Gasteiger partial charge in [-0.1, -0.05) is 37.3 Å². The van der Waals surface area contributed by atoms with Crippen molar-refractivity contribution in [2.75, 3.05) is 44.1 Å². The molecule has 3 aromatic rings. The third kappa shape index (κ3) is 7.96. The first kappa shape index (κ1) is 36.4. The maximum Gasteiger partial charge on any atom is 0.252 e. The summed E-state index contributed by atoms with van der Waals surface area (Å²) >= 11 is 0. The Hall–Kier alpha value is -3.90. The second kappa shape index (κ2) is 15.3. The Morgan fingerprint density at radius 2 is 1.86 bits per heavy atom. The molecule has 4 atom stereocenters. The number of rotatable bonds is 9. The number of allylic oxidation sites excluding steroid dienone is 2. The lowest BCUT2D eigenvalue weighted by molar-refractivity contribution is -0.0893. The summed E-state index contributed by atoms with van der Waals surface area (Å²) in [5.41, 5.74) is 3.38. The standard InChI is InChI=1S/C30H39N7O3.C8H15N/c1-19(31-5)23-7-6-8-25(34-23)37-24-16-29(2,3)40-18-30(24,4)22-17-32-28(35-27(22)37)33-20-9-12-36(26(38)15-20)21-10-13-39-14-11-21;1-5-6-7(2)8(3)9-4/h6-9,12,15,17,19,21,24,31H,10-11,13-14,16,18H2,1-5H3,(H,32,33,35);5-6,8-9H,1H2,2-4H3/b;7-6+/t19-,24?,30+;/m0./s1. The Labute approximate surface area is 291 Å². The van der Waals surface area contributed by atoms with Crippen molar-refractivity contribution in [1.29, 1.82) is 0 Å². The van der Waals surface area contributed by atoms with Gasteiger partial charge in [0.2, 0.25) is 5.95 Å². The van der Waals surface area contributed by atoms with Crippen LogP contribution in [0.2, 0.25) is 0 Å². The molecule has 2 saturated heterocycles. The van der Waals surface area contributed by atoms with Crippen molar-refractivity contribution in [3.8, 4) is 0 Å². The van der Waals surface area contributed by atoms with Gasteiger partial charge in [-0.05, 0) is 86.2 Å². The van der Waals surface area contributed by atoms with Gasteiger partial charge in [0.25, 0.3) is 5.56 Å². The highest BCUT2D eigenvalue weighted by molar-refractivity contribution is 5.71. The monoisotopic (exact) mass is 670 g/mol.